The van der Waals surface area contributed by atoms with Gasteiger partial charge in [0, 0.05) is 16.5 Å². The highest BCUT2D eigenvalue weighted by Crippen LogP contribution is 2.40. The molecule has 0 bridgehead atoms. The van der Waals surface area contributed by atoms with Crippen molar-refractivity contribution in [3.63, 3.8) is 0 Å². The first-order valence-electron chi connectivity index (χ1n) is 6.68. The van der Waals surface area contributed by atoms with Gasteiger partial charge in [-0.05, 0) is 6.07 Å². The van der Waals surface area contributed by atoms with Crippen LogP contribution in [-0.2, 0) is 0 Å². The Hall–Kier alpha value is -2.54. The lowest BCUT2D eigenvalue weighted by atomic mass is 10.2. The molecule has 120 valence electrons. The lowest BCUT2D eigenvalue weighted by molar-refractivity contribution is -0.386. The van der Waals surface area contributed by atoms with Crippen LogP contribution in [0, 0.1) is 10.1 Å². The fourth-order valence-corrected chi connectivity index (χ4v) is 2.84. The summed E-state index contributed by atoms with van der Waals surface area (Å²) in [6.45, 7) is 0. The Balaban J connectivity index is 2.21. The largest absolute Gasteiger partial charge is 0.493 e. The second kappa shape index (κ2) is 7.64. The van der Waals surface area contributed by atoms with Crippen LogP contribution in [0.4, 0.5) is 5.69 Å². The molecule has 2 rings (SSSR count). The van der Waals surface area contributed by atoms with Gasteiger partial charge >= 0.3 is 5.69 Å². The smallest absolute Gasteiger partial charge is 0.315 e. The molecule has 0 atom stereocenters. The molecule has 0 heterocycles. The zero-order chi connectivity index (χ0) is 16.8. The van der Waals surface area contributed by atoms with Crippen molar-refractivity contribution in [1.29, 1.82) is 0 Å². The minimum Gasteiger partial charge on any atom is -0.493 e. The fourth-order valence-electron chi connectivity index (χ4n) is 1.99. The van der Waals surface area contributed by atoms with E-state index in [1.807, 2.05) is 6.07 Å². The van der Waals surface area contributed by atoms with E-state index < -0.39 is 4.92 Å². The summed E-state index contributed by atoms with van der Waals surface area (Å²) < 4.78 is 10.2. The first kappa shape index (κ1) is 16.8. The number of nitro groups is 1. The van der Waals surface area contributed by atoms with Crippen LogP contribution in [0.25, 0.3) is 0 Å². The number of hydrogen-bond acceptors (Lipinski definition) is 6. The highest BCUT2D eigenvalue weighted by atomic mass is 32.2. The van der Waals surface area contributed by atoms with Crippen molar-refractivity contribution in [2.75, 3.05) is 20.0 Å². The molecule has 0 amide bonds. The molecule has 0 spiro atoms. The van der Waals surface area contributed by atoms with E-state index in [1.165, 1.54) is 32.0 Å². The normalized spacial score (nSPS) is 10.2. The number of ketones is 1. The standard InChI is InChI=1S/C16H15NO5S/c1-21-15-9-12(8-13(17(19)20)16(15)22-2)23-10-14(18)11-6-4-3-5-7-11/h3-9H,10H2,1-2H3. The number of nitro benzene ring substituents is 1. The minimum absolute atomic E-state index is 0.0481. The van der Waals surface area contributed by atoms with Crippen molar-refractivity contribution in [2.45, 2.75) is 4.90 Å². The van der Waals surface area contributed by atoms with Gasteiger partial charge in [-0.15, -0.1) is 11.8 Å². The summed E-state index contributed by atoms with van der Waals surface area (Å²) in [5.74, 6) is 0.456. The van der Waals surface area contributed by atoms with Crippen LogP contribution in [0.3, 0.4) is 0 Å². The summed E-state index contributed by atoms with van der Waals surface area (Å²) in [4.78, 5) is 23.3. The van der Waals surface area contributed by atoms with E-state index in [9.17, 15) is 14.9 Å². The van der Waals surface area contributed by atoms with E-state index in [-0.39, 0.29) is 28.7 Å². The van der Waals surface area contributed by atoms with E-state index in [2.05, 4.69) is 0 Å². The van der Waals surface area contributed by atoms with Gasteiger partial charge in [0.15, 0.2) is 11.5 Å². The maximum Gasteiger partial charge on any atom is 0.315 e. The van der Waals surface area contributed by atoms with Crippen molar-refractivity contribution in [3.8, 4) is 11.5 Å². The number of ether oxygens (including phenoxy) is 2. The molecule has 0 saturated carbocycles. The second-order valence-corrected chi connectivity index (χ2v) is 5.56. The third kappa shape index (κ3) is 4.01. The third-order valence-electron chi connectivity index (χ3n) is 3.10. The Morgan fingerprint density at radius 1 is 1.17 bits per heavy atom. The van der Waals surface area contributed by atoms with Gasteiger partial charge in [-0.25, -0.2) is 0 Å². The van der Waals surface area contributed by atoms with Crippen molar-refractivity contribution >= 4 is 23.2 Å². The molecule has 0 aromatic heterocycles. The van der Waals surface area contributed by atoms with Crippen LogP contribution in [0.15, 0.2) is 47.4 Å². The number of methoxy groups -OCH3 is 2. The molecule has 2 aromatic rings. The van der Waals surface area contributed by atoms with E-state index in [4.69, 9.17) is 9.47 Å². The van der Waals surface area contributed by atoms with Gasteiger partial charge in [-0.2, -0.15) is 0 Å². The Bertz CT molecular complexity index is 718. The third-order valence-corrected chi connectivity index (χ3v) is 4.07. The maximum absolute atomic E-state index is 12.1. The minimum atomic E-state index is -0.537. The predicted molar refractivity (Wildman–Crippen MR) is 87.7 cm³/mol. The monoisotopic (exact) mass is 333 g/mol. The van der Waals surface area contributed by atoms with E-state index >= 15 is 0 Å². The Kier molecular flexibility index (Phi) is 5.59. The first-order chi connectivity index (χ1) is 11.1. The van der Waals surface area contributed by atoms with Crippen LogP contribution in [-0.4, -0.2) is 30.7 Å². The number of nitrogens with zero attached hydrogens (tertiary/aromatic N) is 1. The Morgan fingerprint density at radius 3 is 2.43 bits per heavy atom. The molecule has 0 saturated heterocycles. The number of Topliss-reactive ketones (excluding diaryl/α,β-unsaturated/α-hetero) is 1. The molecule has 0 aliphatic heterocycles. The molecule has 2 aromatic carbocycles. The number of thioether (sulfide) groups is 1. The lowest BCUT2D eigenvalue weighted by Crippen LogP contribution is -2.02. The summed E-state index contributed by atoms with van der Waals surface area (Å²) in [6, 6.07) is 11.9. The van der Waals surface area contributed by atoms with Gasteiger partial charge in [-0.1, -0.05) is 30.3 Å². The van der Waals surface area contributed by atoms with E-state index in [0.29, 0.717) is 10.5 Å². The summed E-state index contributed by atoms with van der Waals surface area (Å²) in [6.07, 6.45) is 0. The molecule has 6 nitrogen and oxygen atoms in total. The average Bonchev–Trinajstić information content (AvgIpc) is 2.59. The maximum atomic E-state index is 12.1. The summed E-state index contributed by atoms with van der Waals surface area (Å²) in [5, 5.41) is 11.2. The molecule has 7 heteroatoms. The quantitative estimate of drug-likeness (QED) is 0.333. The van der Waals surface area contributed by atoms with Crippen molar-refractivity contribution in [2.24, 2.45) is 0 Å². The highest BCUT2D eigenvalue weighted by molar-refractivity contribution is 8.00. The molecule has 0 aliphatic rings. The summed E-state index contributed by atoms with van der Waals surface area (Å²) >= 11 is 1.21. The van der Waals surface area contributed by atoms with Gasteiger partial charge in [0.1, 0.15) is 0 Å². The van der Waals surface area contributed by atoms with Crippen LogP contribution in [0.5, 0.6) is 11.5 Å². The number of carbonyl (C=O) groups excluding carboxylic acids is 1. The zero-order valence-corrected chi connectivity index (χ0v) is 13.5. The van der Waals surface area contributed by atoms with Crippen molar-refractivity contribution < 1.29 is 19.2 Å². The van der Waals surface area contributed by atoms with Crippen molar-refractivity contribution in [1.82, 2.24) is 0 Å². The highest BCUT2D eigenvalue weighted by Gasteiger charge is 2.22. The van der Waals surface area contributed by atoms with Crippen LogP contribution >= 0.6 is 11.8 Å². The molecule has 0 aliphatic carbocycles. The molecule has 0 fully saturated rings. The van der Waals surface area contributed by atoms with Gasteiger partial charge in [0.25, 0.3) is 0 Å². The molecule has 0 radical (unpaired) electrons. The Labute approximate surface area is 137 Å². The number of carbonyl (C=O) groups is 1. The number of rotatable bonds is 7. The first-order valence-corrected chi connectivity index (χ1v) is 7.66. The van der Waals surface area contributed by atoms with E-state index in [0.717, 1.165) is 0 Å². The van der Waals surface area contributed by atoms with Crippen LogP contribution in [0.2, 0.25) is 0 Å². The van der Waals surface area contributed by atoms with Gasteiger partial charge < -0.3 is 9.47 Å². The van der Waals surface area contributed by atoms with E-state index in [1.54, 1.807) is 30.3 Å². The van der Waals surface area contributed by atoms with Gasteiger partial charge in [0.05, 0.1) is 24.9 Å². The van der Waals surface area contributed by atoms with Gasteiger partial charge in [-0.3, -0.25) is 14.9 Å². The zero-order valence-electron chi connectivity index (χ0n) is 12.6. The predicted octanol–water partition coefficient (Wildman–Crippen LogP) is 3.59. The Morgan fingerprint density at radius 2 is 1.87 bits per heavy atom. The van der Waals surface area contributed by atoms with Crippen molar-refractivity contribution in [3.05, 3.63) is 58.1 Å². The fraction of sp³-hybridized carbons (Fsp3) is 0.188. The molecular formula is C16H15NO5S. The number of benzene rings is 2. The number of hydrogen-bond donors (Lipinski definition) is 0. The molecular weight excluding hydrogens is 318 g/mol. The molecule has 0 unspecified atom stereocenters. The summed E-state index contributed by atoms with van der Waals surface area (Å²) in [7, 11) is 2.75. The second-order valence-electron chi connectivity index (χ2n) is 4.51. The van der Waals surface area contributed by atoms with Crippen LogP contribution < -0.4 is 9.47 Å². The lowest BCUT2D eigenvalue weighted by Gasteiger charge is -2.10. The molecule has 23 heavy (non-hydrogen) atoms. The van der Waals surface area contributed by atoms with Crippen LogP contribution in [0.1, 0.15) is 10.4 Å². The topological polar surface area (TPSA) is 78.7 Å². The van der Waals surface area contributed by atoms with Gasteiger partial charge in [0.2, 0.25) is 5.75 Å². The summed E-state index contributed by atoms with van der Waals surface area (Å²) in [5.41, 5.74) is 0.413. The molecule has 0 N–H and O–H groups in total. The SMILES string of the molecule is COc1cc(SCC(=O)c2ccccc2)cc([N+](=O)[O-])c1OC. The average molecular weight is 333 g/mol.